The molecule has 1 unspecified atom stereocenters. The van der Waals surface area contributed by atoms with Gasteiger partial charge in [-0.3, -0.25) is 9.67 Å². The average molecular weight is 351 g/mol. The maximum absolute atomic E-state index is 4.59. The Morgan fingerprint density at radius 3 is 2.57 bits per heavy atom. The Balaban J connectivity index is 2.25. The Bertz CT molecular complexity index is 565. The molecule has 114 valence electrons. The third-order valence-corrected chi connectivity index (χ3v) is 4.57. The van der Waals surface area contributed by atoms with E-state index < -0.39 is 0 Å². The van der Waals surface area contributed by atoms with Crippen molar-refractivity contribution in [1.82, 2.24) is 20.1 Å². The maximum Gasteiger partial charge on any atom is 0.0766 e. The van der Waals surface area contributed by atoms with Gasteiger partial charge in [0.05, 0.1) is 15.9 Å². The van der Waals surface area contributed by atoms with Crippen LogP contribution in [0.2, 0.25) is 0 Å². The predicted octanol–water partition coefficient (Wildman–Crippen LogP) is 3.42. The lowest BCUT2D eigenvalue weighted by molar-refractivity contribution is 0.511. The Morgan fingerprint density at radius 2 is 2.00 bits per heavy atom. The van der Waals surface area contributed by atoms with E-state index in [0.29, 0.717) is 0 Å². The lowest BCUT2D eigenvalue weighted by Crippen LogP contribution is -2.25. The smallest absolute Gasteiger partial charge is 0.0766 e. The van der Waals surface area contributed by atoms with Gasteiger partial charge in [-0.05, 0) is 53.0 Å². The Kier molecular flexibility index (Phi) is 5.94. The molecule has 21 heavy (non-hydrogen) atoms. The summed E-state index contributed by atoms with van der Waals surface area (Å²) in [5.41, 5.74) is 3.62. The summed E-state index contributed by atoms with van der Waals surface area (Å²) >= 11 is 3.71. The Hall–Kier alpha value is -1.20. The van der Waals surface area contributed by atoms with Crippen LogP contribution in [0.4, 0.5) is 0 Å². The van der Waals surface area contributed by atoms with Crippen LogP contribution >= 0.6 is 15.9 Å². The highest BCUT2D eigenvalue weighted by Gasteiger charge is 2.18. The summed E-state index contributed by atoms with van der Waals surface area (Å²) in [4.78, 5) is 4.11. The zero-order chi connectivity index (χ0) is 15.2. The number of aromatic nitrogens is 3. The normalized spacial score (nSPS) is 12.6. The second-order valence-corrected chi connectivity index (χ2v) is 5.97. The van der Waals surface area contributed by atoms with Crippen LogP contribution < -0.4 is 5.32 Å². The minimum absolute atomic E-state index is 0.282. The van der Waals surface area contributed by atoms with E-state index in [2.05, 4.69) is 57.3 Å². The van der Waals surface area contributed by atoms with Crippen molar-refractivity contribution in [3.63, 3.8) is 0 Å². The SMILES string of the molecule is CCCNC(Cc1c(Br)c(CC)nn1C)c1ccncc1. The first-order chi connectivity index (χ1) is 10.2. The van der Waals surface area contributed by atoms with Crippen molar-refractivity contribution in [3.05, 3.63) is 46.0 Å². The van der Waals surface area contributed by atoms with Crippen LogP contribution in [-0.4, -0.2) is 21.3 Å². The minimum atomic E-state index is 0.282. The molecular formula is C16H23BrN4. The number of pyridine rings is 1. The van der Waals surface area contributed by atoms with Gasteiger partial charge in [0, 0.05) is 31.9 Å². The molecule has 0 aliphatic rings. The van der Waals surface area contributed by atoms with Gasteiger partial charge in [-0.2, -0.15) is 5.10 Å². The van der Waals surface area contributed by atoms with E-state index in [9.17, 15) is 0 Å². The van der Waals surface area contributed by atoms with Crippen molar-refractivity contribution >= 4 is 15.9 Å². The summed E-state index contributed by atoms with van der Waals surface area (Å²) in [6.07, 6.45) is 6.68. The number of nitrogens with one attached hydrogen (secondary N) is 1. The first kappa shape index (κ1) is 16.2. The Labute approximate surface area is 135 Å². The van der Waals surface area contributed by atoms with Crippen LogP contribution in [-0.2, 0) is 19.9 Å². The van der Waals surface area contributed by atoms with E-state index in [1.54, 1.807) is 0 Å². The predicted molar refractivity (Wildman–Crippen MR) is 89.3 cm³/mol. The molecule has 0 saturated carbocycles. The highest BCUT2D eigenvalue weighted by atomic mass is 79.9. The van der Waals surface area contributed by atoms with Crippen molar-refractivity contribution in [3.8, 4) is 0 Å². The third-order valence-electron chi connectivity index (χ3n) is 3.65. The molecule has 0 saturated heterocycles. The summed E-state index contributed by atoms with van der Waals surface area (Å²) < 4.78 is 3.13. The molecule has 2 heterocycles. The molecule has 0 radical (unpaired) electrons. The molecule has 2 aromatic rings. The van der Waals surface area contributed by atoms with Crippen molar-refractivity contribution in [2.24, 2.45) is 7.05 Å². The number of nitrogens with zero attached hydrogens (tertiary/aromatic N) is 3. The van der Waals surface area contributed by atoms with Gasteiger partial charge in [0.25, 0.3) is 0 Å². The second kappa shape index (κ2) is 7.71. The monoisotopic (exact) mass is 350 g/mol. The first-order valence-electron chi connectivity index (χ1n) is 7.50. The van der Waals surface area contributed by atoms with E-state index in [-0.39, 0.29) is 6.04 Å². The first-order valence-corrected chi connectivity index (χ1v) is 8.30. The standard InChI is InChI=1S/C16H23BrN4/c1-4-8-19-14(12-6-9-18-10-7-12)11-15-16(17)13(5-2)20-21(15)3/h6-7,9-10,14,19H,4-5,8,11H2,1-3H3. The van der Waals surface area contributed by atoms with Crippen LogP contribution in [0.15, 0.2) is 29.0 Å². The van der Waals surface area contributed by atoms with Gasteiger partial charge in [-0.1, -0.05) is 13.8 Å². The fourth-order valence-electron chi connectivity index (χ4n) is 2.46. The summed E-state index contributed by atoms with van der Waals surface area (Å²) in [5.74, 6) is 0. The second-order valence-electron chi connectivity index (χ2n) is 5.18. The van der Waals surface area contributed by atoms with E-state index in [1.165, 1.54) is 11.3 Å². The van der Waals surface area contributed by atoms with Crippen molar-refractivity contribution in [2.45, 2.75) is 39.2 Å². The maximum atomic E-state index is 4.59. The molecule has 1 N–H and O–H groups in total. The van der Waals surface area contributed by atoms with Crippen molar-refractivity contribution in [1.29, 1.82) is 0 Å². The zero-order valence-corrected chi connectivity index (χ0v) is 14.5. The number of rotatable bonds is 7. The average Bonchev–Trinajstić information content (AvgIpc) is 2.79. The van der Waals surface area contributed by atoms with Crippen LogP contribution in [0.5, 0.6) is 0 Å². The van der Waals surface area contributed by atoms with Gasteiger partial charge >= 0.3 is 0 Å². The highest BCUT2D eigenvalue weighted by Crippen LogP contribution is 2.26. The van der Waals surface area contributed by atoms with E-state index in [0.717, 1.165) is 36.0 Å². The van der Waals surface area contributed by atoms with E-state index in [1.807, 2.05) is 24.1 Å². The topological polar surface area (TPSA) is 42.7 Å². The van der Waals surface area contributed by atoms with Crippen LogP contribution in [0.25, 0.3) is 0 Å². The van der Waals surface area contributed by atoms with Crippen molar-refractivity contribution in [2.75, 3.05) is 6.54 Å². The molecule has 4 nitrogen and oxygen atoms in total. The molecule has 0 bridgehead atoms. The lowest BCUT2D eigenvalue weighted by atomic mass is 10.0. The molecular weight excluding hydrogens is 328 g/mol. The van der Waals surface area contributed by atoms with Gasteiger partial charge in [0.1, 0.15) is 0 Å². The molecule has 5 heteroatoms. The molecule has 0 aromatic carbocycles. The van der Waals surface area contributed by atoms with Crippen LogP contribution in [0.1, 0.15) is 43.3 Å². The van der Waals surface area contributed by atoms with Gasteiger partial charge in [0.2, 0.25) is 0 Å². The van der Waals surface area contributed by atoms with Gasteiger partial charge in [-0.15, -0.1) is 0 Å². The summed E-state index contributed by atoms with van der Waals surface area (Å²) in [6, 6.07) is 4.45. The summed E-state index contributed by atoms with van der Waals surface area (Å²) in [7, 11) is 2.02. The number of hydrogen-bond acceptors (Lipinski definition) is 3. The molecule has 0 aliphatic heterocycles. The summed E-state index contributed by atoms with van der Waals surface area (Å²) in [5, 5.41) is 8.21. The van der Waals surface area contributed by atoms with Gasteiger partial charge in [-0.25, -0.2) is 0 Å². The number of halogens is 1. The fraction of sp³-hybridized carbons (Fsp3) is 0.500. The van der Waals surface area contributed by atoms with E-state index in [4.69, 9.17) is 0 Å². The molecule has 2 aromatic heterocycles. The van der Waals surface area contributed by atoms with Gasteiger partial charge in [0.15, 0.2) is 0 Å². The third kappa shape index (κ3) is 3.92. The molecule has 0 amide bonds. The molecule has 2 rings (SSSR count). The van der Waals surface area contributed by atoms with Crippen LogP contribution in [0, 0.1) is 0 Å². The lowest BCUT2D eigenvalue weighted by Gasteiger charge is -2.19. The van der Waals surface area contributed by atoms with Crippen molar-refractivity contribution < 1.29 is 0 Å². The van der Waals surface area contributed by atoms with Gasteiger partial charge < -0.3 is 5.32 Å². The molecule has 0 spiro atoms. The molecule has 1 atom stereocenters. The fourth-order valence-corrected chi connectivity index (χ4v) is 3.24. The minimum Gasteiger partial charge on any atom is -0.310 e. The molecule has 0 fully saturated rings. The quantitative estimate of drug-likeness (QED) is 0.831. The van der Waals surface area contributed by atoms with Crippen LogP contribution in [0.3, 0.4) is 0 Å². The highest BCUT2D eigenvalue weighted by molar-refractivity contribution is 9.10. The summed E-state index contributed by atoms with van der Waals surface area (Å²) in [6.45, 7) is 5.32. The van der Waals surface area contributed by atoms with E-state index >= 15 is 0 Å². The largest absolute Gasteiger partial charge is 0.310 e. The zero-order valence-electron chi connectivity index (χ0n) is 12.9. The molecule has 0 aliphatic carbocycles. The number of hydrogen-bond donors (Lipinski definition) is 1. The number of aryl methyl sites for hydroxylation is 2. The Morgan fingerprint density at radius 1 is 1.29 bits per heavy atom.